The molecule has 1 saturated heterocycles. The first-order valence-corrected chi connectivity index (χ1v) is 3.64. The average Bonchev–Trinajstić information content (AvgIpc) is 2.64. The van der Waals surface area contributed by atoms with Crippen LogP contribution in [0.3, 0.4) is 0 Å². The first-order valence-electron chi connectivity index (χ1n) is 3.64. The fourth-order valence-electron chi connectivity index (χ4n) is 0.711. The lowest BCUT2D eigenvalue weighted by molar-refractivity contribution is -0.114. The highest BCUT2D eigenvalue weighted by molar-refractivity contribution is 5.91. The van der Waals surface area contributed by atoms with Crippen molar-refractivity contribution in [3.8, 4) is 0 Å². The van der Waals surface area contributed by atoms with Crippen molar-refractivity contribution in [1.82, 2.24) is 0 Å². The molecule has 11 heavy (non-hydrogen) atoms. The molecule has 3 heteroatoms. The predicted octanol–water partition coefficient (Wildman–Crippen LogP) is 0.597. The fourth-order valence-corrected chi connectivity index (χ4v) is 0.711. The van der Waals surface area contributed by atoms with E-state index < -0.39 is 0 Å². The van der Waals surface area contributed by atoms with Crippen LogP contribution in [-0.4, -0.2) is 18.1 Å². The van der Waals surface area contributed by atoms with Crippen LogP contribution >= 0.6 is 0 Å². The third kappa shape index (κ3) is 2.35. The first kappa shape index (κ1) is 8.27. The van der Waals surface area contributed by atoms with Crippen LogP contribution in [0.1, 0.15) is 20.3 Å². The number of rotatable bonds is 3. The molecule has 0 aromatic rings. The van der Waals surface area contributed by atoms with Gasteiger partial charge in [0.1, 0.15) is 0 Å². The second-order valence-corrected chi connectivity index (χ2v) is 3.19. The van der Waals surface area contributed by atoms with Crippen molar-refractivity contribution >= 4 is 5.91 Å². The van der Waals surface area contributed by atoms with Crippen molar-refractivity contribution in [3.05, 3.63) is 11.6 Å². The first-order chi connectivity index (χ1) is 5.03. The number of carbonyl (C=O) groups is 1. The molecule has 3 nitrogen and oxygen atoms in total. The van der Waals surface area contributed by atoms with Gasteiger partial charge in [-0.15, -0.1) is 0 Å². The smallest absolute Gasteiger partial charge is 0.244 e. The fraction of sp³-hybridized carbons (Fsp3) is 0.625. The number of hydrogen-bond donors (Lipinski definition) is 1. The Bertz CT molecular complexity index is 204. The minimum atomic E-state index is -0.353. The van der Waals surface area contributed by atoms with Crippen LogP contribution in [0.15, 0.2) is 11.6 Å². The summed E-state index contributed by atoms with van der Waals surface area (Å²) in [6, 6.07) is 0. The molecule has 1 unspecified atom stereocenters. The molecular formula is C8H13NO2. The zero-order valence-electron chi connectivity index (χ0n) is 6.89. The molecule has 2 N–H and O–H groups in total. The summed E-state index contributed by atoms with van der Waals surface area (Å²) in [6.45, 7) is 4.52. The molecular weight excluding hydrogens is 142 g/mol. The molecule has 0 aromatic heterocycles. The molecule has 1 rings (SSSR count). The van der Waals surface area contributed by atoms with Gasteiger partial charge >= 0.3 is 0 Å². The van der Waals surface area contributed by atoms with Gasteiger partial charge in [0.2, 0.25) is 5.91 Å². The standard InChI is InChI=1S/C8H13NO2/c1-6(7(9)10)3-4-8(2)5-11-8/h3H,4-5H2,1-2H3,(H2,9,10)/b6-3+. The van der Waals surface area contributed by atoms with Gasteiger partial charge in [0.25, 0.3) is 0 Å². The van der Waals surface area contributed by atoms with Gasteiger partial charge in [-0.2, -0.15) is 0 Å². The van der Waals surface area contributed by atoms with Crippen molar-refractivity contribution in [3.63, 3.8) is 0 Å². The van der Waals surface area contributed by atoms with Crippen LogP contribution in [0, 0.1) is 0 Å². The molecule has 0 aromatic carbocycles. The minimum absolute atomic E-state index is 0.0172. The number of nitrogens with two attached hydrogens (primary N) is 1. The molecule has 1 aliphatic rings. The summed E-state index contributed by atoms with van der Waals surface area (Å²) in [5.41, 5.74) is 5.63. The van der Waals surface area contributed by atoms with Crippen LogP contribution in [0.25, 0.3) is 0 Å². The van der Waals surface area contributed by atoms with Gasteiger partial charge in [-0.3, -0.25) is 4.79 Å². The Morgan fingerprint density at radius 1 is 1.82 bits per heavy atom. The molecule has 0 saturated carbocycles. The Hall–Kier alpha value is -0.830. The Labute approximate surface area is 66.2 Å². The number of carbonyl (C=O) groups excluding carboxylic acids is 1. The maximum absolute atomic E-state index is 10.5. The summed E-state index contributed by atoms with van der Waals surface area (Å²) in [5, 5.41) is 0. The van der Waals surface area contributed by atoms with E-state index >= 15 is 0 Å². The quantitative estimate of drug-likeness (QED) is 0.479. The lowest BCUT2D eigenvalue weighted by Gasteiger charge is -1.99. The Morgan fingerprint density at radius 3 is 2.73 bits per heavy atom. The Balaban J connectivity index is 2.40. The second kappa shape index (κ2) is 2.66. The van der Waals surface area contributed by atoms with E-state index in [1.807, 2.05) is 13.0 Å². The molecule has 0 bridgehead atoms. The lowest BCUT2D eigenvalue weighted by atomic mass is 10.1. The van der Waals surface area contributed by atoms with E-state index in [-0.39, 0.29) is 11.5 Å². The Kier molecular flexibility index (Phi) is 2.00. The van der Waals surface area contributed by atoms with Crippen LogP contribution in [0.2, 0.25) is 0 Å². The molecule has 1 amide bonds. The van der Waals surface area contributed by atoms with Crippen molar-refractivity contribution in [1.29, 1.82) is 0 Å². The van der Waals surface area contributed by atoms with Gasteiger partial charge in [-0.05, 0) is 20.3 Å². The highest BCUT2D eigenvalue weighted by Gasteiger charge is 2.37. The summed E-state index contributed by atoms with van der Waals surface area (Å²) in [6.07, 6.45) is 2.61. The second-order valence-electron chi connectivity index (χ2n) is 3.19. The third-order valence-electron chi connectivity index (χ3n) is 1.87. The monoisotopic (exact) mass is 155 g/mol. The molecule has 1 atom stereocenters. The van der Waals surface area contributed by atoms with Crippen molar-refractivity contribution in [2.24, 2.45) is 5.73 Å². The van der Waals surface area contributed by atoms with Crippen LogP contribution < -0.4 is 5.73 Å². The number of hydrogen-bond acceptors (Lipinski definition) is 2. The largest absolute Gasteiger partial charge is 0.370 e. The molecule has 1 heterocycles. The van der Waals surface area contributed by atoms with Crippen molar-refractivity contribution in [2.45, 2.75) is 25.9 Å². The lowest BCUT2D eigenvalue weighted by Crippen LogP contribution is -2.12. The summed E-state index contributed by atoms with van der Waals surface area (Å²) in [7, 11) is 0. The third-order valence-corrected chi connectivity index (χ3v) is 1.87. The highest BCUT2D eigenvalue weighted by atomic mass is 16.6. The van der Waals surface area contributed by atoms with Gasteiger partial charge in [0, 0.05) is 5.57 Å². The zero-order chi connectivity index (χ0) is 8.48. The minimum Gasteiger partial charge on any atom is -0.370 e. The normalized spacial score (nSPS) is 30.2. The van der Waals surface area contributed by atoms with Crippen LogP contribution in [-0.2, 0) is 9.53 Å². The van der Waals surface area contributed by atoms with Gasteiger partial charge in [-0.1, -0.05) is 6.08 Å². The number of primary amides is 1. The van der Waals surface area contributed by atoms with E-state index in [1.54, 1.807) is 6.92 Å². The number of ether oxygens (including phenoxy) is 1. The van der Waals surface area contributed by atoms with E-state index in [9.17, 15) is 4.79 Å². The van der Waals surface area contributed by atoms with E-state index in [4.69, 9.17) is 10.5 Å². The highest BCUT2D eigenvalue weighted by Crippen LogP contribution is 2.30. The molecule has 1 aliphatic heterocycles. The molecule has 1 fully saturated rings. The molecule has 0 radical (unpaired) electrons. The molecule has 0 spiro atoms. The SMILES string of the molecule is C/C(=C\CC1(C)CO1)C(N)=O. The van der Waals surface area contributed by atoms with Gasteiger partial charge in [0.15, 0.2) is 0 Å². The van der Waals surface area contributed by atoms with E-state index in [1.165, 1.54) is 0 Å². The maximum Gasteiger partial charge on any atom is 0.244 e. The average molecular weight is 155 g/mol. The van der Waals surface area contributed by atoms with Gasteiger partial charge in [0.05, 0.1) is 12.2 Å². The zero-order valence-corrected chi connectivity index (χ0v) is 6.89. The molecule has 0 aliphatic carbocycles. The van der Waals surface area contributed by atoms with Gasteiger partial charge in [-0.25, -0.2) is 0 Å². The molecule has 62 valence electrons. The van der Waals surface area contributed by atoms with Crippen LogP contribution in [0.5, 0.6) is 0 Å². The number of epoxide rings is 1. The van der Waals surface area contributed by atoms with Crippen molar-refractivity contribution < 1.29 is 9.53 Å². The number of amides is 1. The van der Waals surface area contributed by atoms with Gasteiger partial charge < -0.3 is 10.5 Å². The van der Waals surface area contributed by atoms with E-state index in [2.05, 4.69) is 0 Å². The maximum atomic E-state index is 10.5. The Morgan fingerprint density at radius 2 is 2.36 bits per heavy atom. The summed E-state index contributed by atoms with van der Waals surface area (Å²) in [4.78, 5) is 10.5. The predicted molar refractivity (Wildman–Crippen MR) is 41.9 cm³/mol. The van der Waals surface area contributed by atoms with E-state index in [0.717, 1.165) is 13.0 Å². The van der Waals surface area contributed by atoms with E-state index in [0.29, 0.717) is 5.57 Å². The van der Waals surface area contributed by atoms with Crippen LogP contribution in [0.4, 0.5) is 0 Å². The summed E-state index contributed by atoms with van der Waals surface area (Å²) < 4.78 is 5.13. The summed E-state index contributed by atoms with van der Waals surface area (Å²) in [5.74, 6) is -0.353. The topological polar surface area (TPSA) is 55.6 Å². The van der Waals surface area contributed by atoms with Crippen molar-refractivity contribution in [2.75, 3.05) is 6.61 Å². The summed E-state index contributed by atoms with van der Waals surface area (Å²) >= 11 is 0.